The van der Waals surface area contributed by atoms with Crippen LogP contribution < -0.4 is 5.32 Å². The smallest absolute Gasteiger partial charge is 0.242 e. The van der Waals surface area contributed by atoms with Crippen molar-refractivity contribution >= 4 is 11.6 Å². The SMILES string of the molecule is CCN(C(=O)CNc1cccc(F)c1)C1CC1. The molecule has 0 saturated heterocycles. The molecule has 0 aromatic heterocycles. The van der Waals surface area contributed by atoms with Crippen LogP contribution in [0.15, 0.2) is 24.3 Å². The zero-order valence-corrected chi connectivity index (χ0v) is 9.95. The van der Waals surface area contributed by atoms with Crippen LogP contribution in [0.2, 0.25) is 0 Å². The van der Waals surface area contributed by atoms with E-state index >= 15 is 0 Å². The second-order valence-corrected chi connectivity index (χ2v) is 4.27. The van der Waals surface area contributed by atoms with Gasteiger partial charge < -0.3 is 10.2 Å². The Morgan fingerprint density at radius 1 is 1.53 bits per heavy atom. The highest BCUT2D eigenvalue weighted by Crippen LogP contribution is 2.26. The maximum Gasteiger partial charge on any atom is 0.242 e. The summed E-state index contributed by atoms with van der Waals surface area (Å²) in [6.07, 6.45) is 2.22. The van der Waals surface area contributed by atoms with Crippen molar-refractivity contribution < 1.29 is 9.18 Å². The van der Waals surface area contributed by atoms with Crippen LogP contribution in [-0.2, 0) is 4.79 Å². The molecule has 0 radical (unpaired) electrons. The van der Waals surface area contributed by atoms with Gasteiger partial charge in [-0.3, -0.25) is 4.79 Å². The van der Waals surface area contributed by atoms with Gasteiger partial charge in [0.2, 0.25) is 5.91 Å². The number of amides is 1. The Hall–Kier alpha value is -1.58. The molecule has 0 bridgehead atoms. The molecule has 0 spiro atoms. The summed E-state index contributed by atoms with van der Waals surface area (Å²) in [4.78, 5) is 13.8. The fraction of sp³-hybridized carbons (Fsp3) is 0.462. The second-order valence-electron chi connectivity index (χ2n) is 4.27. The Morgan fingerprint density at radius 3 is 2.88 bits per heavy atom. The Balaban J connectivity index is 1.86. The van der Waals surface area contributed by atoms with Crippen LogP contribution in [0.1, 0.15) is 19.8 Å². The number of rotatable bonds is 5. The minimum Gasteiger partial charge on any atom is -0.376 e. The van der Waals surface area contributed by atoms with Gasteiger partial charge in [-0.15, -0.1) is 0 Å². The van der Waals surface area contributed by atoms with E-state index < -0.39 is 0 Å². The number of halogens is 1. The molecular weight excluding hydrogens is 219 g/mol. The monoisotopic (exact) mass is 236 g/mol. The summed E-state index contributed by atoms with van der Waals surface area (Å²) in [5.74, 6) is -0.212. The third kappa shape index (κ3) is 3.19. The van der Waals surface area contributed by atoms with E-state index in [0.717, 1.165) is 19.4 Å². The van der Waals surface area contributed by atoms with E-state index in [1.807, 2.05) is 11.8 Å². The molecule has 1 aromatic carbocycles. The first-order chi connectivity index (χ1) is 8.20. The molecule has 0 atom stereocenters. The van der Waals surface area contributed by atoms with Gasteiger partial charge in [-0.25, -0.2) is 4.39 Å². The molecule has 1 aromatic rings. The molecule has 1 amide bonds. The lowest BCUT2D eigenvalue weighted by molar-refractivity contribution is -0.129. The summed E-state index contributed by atoms with van der Waals surface area (Å²) in [6, 6.07) is 6.59. The van der Waals surface area contributed by atoms with E-state index in [1.165, 1.54) is 12.1 Å². The highest BCUT2D eigenvalue weighted by Gasteiger charge is 2.30. The van der Waals surface area contributed by atoms with E-state index in [0.29, 0.717) is 11.7 Å². The number of likely N-dealkylation sites (N-methyl/N-ethyl adjacent to an activating group) is 1. The highest BCUT2D eigenvalue weighted by atomic mass is 19.1. The topological polar surface area (TPSA) is 32.3 Å². The molecule has 17 heavy (non-hydrogen) atoms. The summed E-state index contributed by atoms with van der Waals surface area (Å²) in [6.45, 7) is 2.96. The largest absolute Gasteiger partial charge is 0.376 e. The van der Waals surface area contributed by atoms with Gasteiger partial charge in [0.1, 0.15) is 5.82 Å². The number of anilines is 1. The lowest BCUT2D eigenvalue weighted by Gasteiger charge is -2.20. The van der Waals surface area contributed by atoms with Gasteiger partial charge in [-0.1, -0.05) is 6.07 Å². The van der Waals surface area contributed by atoms with Crippen molar-refractivity contribution in [3.63, 3.8) is 0 Å². The van der Waals surface area contributed by atoms with Gasteiger partial charge in [0.05, 0.1) is 6.54 Å². The van der Waals surface area contributed by atoms with E-state index in [1.54, 1.807) is 12.1 Å². The maximum atomic E-state index is 12.9. The molecular formula is C13H17FN2O. The molecule has 3 nitrogen and oxygen atoms in total. The Labute approximate surface area is 101 Å². The van der Waals surface area contributed by atoms with Crippen molar-refractivity contribution in [3.05, 3.63) is 30.1 Å². The van der Waals surface area contributed by atoms with Crippen molar-refractivity contribution in [2.24, 2.45) is 0 Å². The molecule has 2 rings (SSSR count). The average molecular weight is 236 g/mol. The van der Waals surface area contributed by atoms with E-state index in [9.17, 15) is 9.18 Å². The molecule has 0 unspecified atom stereocenters. The number of nitrogens with one attached hydrogen (secondary N) is 1. The van der Waals surface area contributed by atoms with Crippen LogP contribution in [0, 0.1) is 5.82 Å². The summed E-state index contributed by atoms with van der Waals surface area (Å²) in [7, 11) is 0. The summed E-state index contributed by atoms with van der Waals surface area (Å²) < 4.78 is 12.9. The number of carbonyl (C=O) groups excluding carboxylic acids is 1. The van der Waals surface area contributed by atoms with Gasteiger partial charge in [-0.05, 0) is 38.0 Å². The first-order valence-electron chi connectivity index (χ1n) is 5.99. The minimum absolute atomic E-state index is 0.0826. The lowest BCUT2D eigenvalue weighted by Crippen LogP contribution is -2.37. The van der Waals surface area contributed by atoms with Crippen LogP contribution in [0.3, 0.4) is 0 Å². The van der Waals surface area contributed by atoms with Gasteiger partial charge in [0, 0.05) is 18.3 Å². The highest BCUT2D eigenvalue weighted by molar-refractivity contribution is 5.81. The average Bonchev–Trinajstić information content (AvgIpc) is 3.12. The van der Waals surface area contributed by atoms with Crippen molar-refractivity contribution in [1.82, 2.24) is 4.90 Å². The molecule has 1 fully saturated rings. The standard InChI is InChI=1S/C13H17FN2O/c1-2-16(12-6-7-12)13(17)9-15-11-5-3-4-10(14)8-11/h3-5,8,12,15H,2,6-7,9H2,1H3. The van der Waals surface area contributed by atoms with Gasteiger partial charge in [0.25, 0.3) is 0 Å². The number of hydrogen-bond donors (Lipinski definition) is 1. The zero-order chi connectivity index (χ0) is 12.3. The zero-order valence-electron chi connectivity index (χ0n) is 9.95. The lowest BCUT2D eigenvalue weighted by atomic mass is 10.3. The summed E-state index contributed by atoms with van der Waals surface area (Å²) in [5.41, 5.74) is 0.644. The quantitative estimate of drug-likeness (QED) is 0.850. The Morgan fingerprint density at radius 2 is 2.29 bits per heavy atom. The van der Waals surface area contributed by atoms with E-state index in [-0.39, 0.29) is 18.3 Å². The van der Waals surface area contributed by atoms with Crippen LogP contribution in [-0.4, -0.2) is 29.9 Å². The predicted octanol–water partition coefficient (Wildman–Crippen LogP) is 2.25. The molecule has 1 aliphatic rings. The molecule has 1 aliphatic carbocycles. The Kier molecular flexibility index (Phi) is 3.61. The molecule has 0 heterocycles. The predicted molar refractivity (Wildman–Crippen MR) is 65.3 cm³/mol. The fourth-order valence-corrected chi connectivity index (χ4v) is 1.90. The number of hydrogen-bond acceptors (Lipinski definition) is 2. The number of carbonyl (C=O) groups is 1. The third-order valence-electron chi connectivity index (χ3n) is 2.92. The van der Waals surface area contributed by atoms with E-state index in [2.05, 4.69) is 5.32 Å². The van der Waals surface area contributed by atoms with Gasteiger partial charge in [0.15, 0.2) is 0 Å². The molecule has 4 heteroatoms. The van der Waals surface area contributed by atoms with Crippen LogP contribution in [0.25, 0.3) is 0 Å². The van der Waals surface area contributed by atoms with Gasteiger partial charge >= 0.3 is 0 Å². The molecule has 1 N–H and O–H groups in total. The first kappa shape index (κ1) is 11.9. The summed E-state index contributed by atoms with van der Waals surface area (Å²) in [5, 5.41) is 2.95. The third-order valence-corrected chi connectivity index (χ3v) is 2.92. The van der Waals surface area contributed by atoms with Gasteiger partial charge in [-0.2, -0.15) is 0 Å². The van der Waals surface area contributed by atoms with Crippen molar-refractivity contribution in [2.45, 2.75) is 25.8 Å². The first-order valence-corrected chi connectivity index (χ1v) is 5.99. The maximum absolute atomic E-state index is 12.9. The van der Waals surface area contributed by atoms with Crippen molar-refractivity contribution in [2.75, 3.05) is 18.4 Å². The molecule has 1 saturated carbocycles. The van der Waals surface area contributed by atoms with E-state index in [4.69, 9.17) is 0 Å². The van der Waals surface area contributed by atoms with Crippen LogP contribution in [0.5, 0.6) is 0 Å². The number of nitrogens with zero attached hydrogens (tertiary/aromatic N) is 1. The van der Waals surface area contributed by atoms with Crippen molar-refractivity contribution in [1.29, 1.82) is 0 Å². The van der Waals surface area contributed by atoms with Crippen LogP contribution in [0.4, 0.5) is 10.1 Å². The fourth-order valence-electron chi connectivity index (χ4n) is 1.90. The second kappa shape index (κ2) is 5.17. The van der Waals surface area contributed by atoms with Crippen LogP contribution >= 0.6 is 0 Å². The van der Waals surface area contributed by atoms with Crippen molar-refractivity contribution in [3.8, 4) is 0 Å². The molecule has 0 aliphatic heterocycles. The molecule has 92 valence electrons. The summed E-state index contributed by atoms with van der Waals surface area (Å²) >= 11 is 0. The number of benzene rings is 1. The normalized spacial score (nSPS) is 14.5. The minimum atomic E-state index is -0.294. The Bertz CT molecular complexity index is 404.